The Morgan fingerprint density at radius 3 is 2.73 bits per heavy atom. The second-order valence-electron chi connectivity index (χ2n) is 5.36. The highest BCUT2D eigenvalue weighted by atomic mass is 79.9. The van der Waals surface area contributed by atoms with E-state index in [0.717, 1.165) is 22.9 Å². The van der Waals surface area contributed by atoms with Crippen LogP contribution in [0.15, 0.2) is 28.7 Å². The zero-order chi connectivity index (χ0) is 15.9. The smallest absolute Gasteiger partial charge is 0.234 e. The van der Waals surface area contributed by atoms with E-state index in [1.165, 1.54) is 0 Å². The first kappa shape index (κ1) is 16.5. The van der Waals surface area contributed by atoms with Crippen LogP contribution >= 0.6 is 15.9 Å². The van der Waals surface area contributed by atoms with Crippen LogP contribution in [-0.4, -0.2) is 35.8 Å². The minimum absolute atomic E-state index is 0.0655. The molecule has 0 radical (unpaired) electrons. The molecule has 1 aliphatic heterocycles. The van der Waals surface area contributed by atoms with Crippen LogP contribution in [0.5, 0.6) is 0 Å². The van der Waals surface area contributed by atoms with E-state index in [0.29, 0.717) is 19.5 Å². The van der Waals surface area contributed by atoms with Gasteiger partial charge in [0, 0.05) is 23.6 Å². The number of piperidine rings is 1. The first-order valence-corrected chi connectivity index (χ1v) is 8.06. The molecule has 1 N–H and O–H groups in total. The molecule has 0 atom stereocenters. The van der Waals surface area contributed by atoms with Gasteiger partial charge in [0.25, 0.3) is 0 Å². The van der Waals surface area contributed by atoms with Gasteiger partial charge in [-0.15, -0.1) is 0 Å². The summed E-state index contributed by atoms with van der Waals surface area (Å²) in [6.07, 6.45) is 1.76. The molecule has 1 aliphatic rings. The third-order valence-electron chi connectivity index (χ3n) is 3.70. The van der Waals surface area contributed by atoms with Gasteiger partial charge in [-0.2, -0.15) is 5.26 Å². The third kappa shape index (κ3) is 4.85. The van der Waals surface area contributed by atoms with Crippen molar-refractivity contribution in [1.82, 2.24) is 10.2 Å². The lowest BCUT2D eigenvalue weighted by Crippen LogP contribution is -2.46. The molecule has 1 aromatic carbocycles. The largest absolute Gasteiger partial charge is 0.352 e. The number of nitriles is 1. The van der Waals surface area contributed by atoms with Gasteiger partial charge in [0.2, 0.25) is 11.8 Å². The molecule has 1 aromatic rings. The maximum absolute atomic E-state index is 12.3. The molecule has 0 aromatic heterocycles. The summed E-state index contributed by atoms with van der Waals surface area (Å²) >= 11 is 3.40. The number of hydrogen-bond donors (Lipinski definition) is 1. The highest BCUT2D eigenvalue weighted by Gasteiger charge is 2.23. The van der Waals surface area contributed by atoms with Crippen molar-refractivity contribution < 1.29 is 9.59 Å². The van der Waals surface area contributed by atoms with Crippen LogP contribution in [0.2, 0.25) is 0 Å². The van der Waals surface area contributed by atoms with Gasteiger partial charge in [-0.1, -0.05) is 28.1 Å². The Morgan fingerprint density at radius 2 is 2.09 bits per heavy atom. The third-order valence-corrected chi connectivity index (χ3v) is 4.19. The summed E-state index contributed by atoms with van der Waals surface area (Å²) in [6, 6.07) is 9.65. The lowest BCUT2D eigenvalue weighted by atomic mass is 10.0. The quantitative estimate of drug-likeness (QED) is 0.888. The Labute approximate surface area is 138 Å². The van der Waals surface area contributed by atoms with Crippen LogP contribution in [-0.2, 0) is 16.0 Å². The number of amides is 2. The molecule has 0 saturated carbocycles. The molecule has 0 unspecified atom stereocenters. The van der Waals surface area contributed by atoms with Gasteiger partial charge in [-0.25, -0.2) is 0 Å². The molecular formula is C16H18BrN3O2. The average Bonchev–Trinajstić information content (AvgIpc) is 2.48. The van der Waals surface area contributed by atoms with E-state index < -0.39 is 0 Å². The predicted octanol–water partition coefficient (Wildman–Crippen LogP) is 2.01. The van der Waals surface area contributed by atoms with Crippen molar-refractivity contribution in [2.24, 2.45) is 0 Å². The van der Waals surface area contributed by atoms with E-state index in [9.17, 15) is 9.59 Å². The molecule has 0 aliphatic carbocycles. The Hall–Kier alpha value is -1.87. The number of halogens is 1. The summed E-state index contributed by atoms with van der Waals surface area (Å²) in [5, 5.41) is 11.3. The van der Waals surface area contributed by atoms with Crippen LogP contribution in [0.3, 0.4) is 0 Å². The van der Waals surface area contributed by atoms with E-state index in [-0.39, 0.29) is 24.3 Å². The van der Waals surface area contributed by atoms with Crippen molar-refractivity contribution >= 4 is 27.7 Å². The molecule has 0 spiro atoms. The fraction of sp³-hybridized carbons (Fsp3) is 0.438. The van der Waals surface area contributed by atoms with Gasteiger partial charge in [0.1, 0.15) is 6.42 Å². The molecule has 1 saturated heterocycles. The van der Waals surface area contributed by atoms with Crippen LogP contribution in [0.1, 0.15) is 24.8 Å². The van der Waals surface area contributed by atoms with E-state index in [1.807, 2.05) is 35.2 Å². The van der Waals surface area contributed by atoms with Crippen molar-refractivity contribution in [1.29, 1.82) is 5.26 Å². The molecular weight excluding hydrogens is 346 g/mol. The lowest BCUT2D eigenvalue weighted by molar-refractivity contribution is -0.131. The fourth-order valence-electron chi connectivity index (χ4n) is 2.56. The Bertz CT molecular complexity index is 589. The number of benzene rings is 1. The molecule has 116 valence electrons. The van der Waals surface area contributed by atoms with Crippen LogP contribution in [0.25, 0.3) is 0 Å². The standard InChI is InChI=1S/C16H18BrN3O2/c17-13-3-1-2-12(10-13)11-16(22)20-8-5-14(6-9-20)19-15(21)4-7-18/h1-3,10,14H,4-6,8-9,11H2,(H,19,21). The number of rotatable bonds is 4. The average molecular weight is 364 g/mol. The van der Waals surface area contributed by atoms with Gasteiger partial charge in [-0.3, -0.25) is 9.59 Å². The number of carbonyl (C=O) groups excluding carboxylic acids is 2. The van der Waals surface area contributed by atoms with Crippen LogP contribution in [0.4, 0.5) is 0 Å². The van der Waals surface area contributed by atoms with Crippen LogP contribution < -0.4 is 5.32 Å². The fourth-order valence-corrected chi connectivity index (χ4v) is 3.00. The minimum Gasteiger partial charge on any atom is -0.352 e. The molecule has 6 heteroatoms. The van der Waals surface area contributed by atoms with Gasteiger partial charge >= 0.3 is 0 Å². The maximum Gasteiger partial charge on any atom is 0.234 e. The lowest BCUT2D eigenvalue weighted by Gasteiger charge is -2.32. The molecule has 22 heavy (non-hydrogen) atoms. The van der Waals surface area contributed by atoms with Gasteiger partial charge < -0.3 is 10.2 Å². The number of hydrogen-bond acceptors (Lipinski definition) is 3. The SMILES string of the molecule is N#CCC(=O)NC1CCN(C(=O)Cc2cccc(Br)c2)CC1. The number of carbonyl (C=O) groups is 2. The van der Waals surface area contributed by atoms with Gasteiger partial charge in [0.15, 0.2) is 0 Å². The molecule has 1 fully saturated rings. The summed E-state index contributed by atoms with van der Waals surface area (Å²) in [5.41, 5.74) is 0.990. The van der Waals surface area contributed by atoms with E-state index in [1.54, 1.807) is 0 Å². The molecule has 1 heterocycles. The van der Waals surface area contributed by atoms with Crippen LogP contribution in [0, 0.1) is 11.3 Å². The van der Waals surface area contributed by atoms with E-state index in [2.05, 4.69) is 21.2 Å². The summed E-state index contributed by atoms with van der Waals surface area (Å²) in [4.78, 5) is 25.5. The van der Waals surface area contributed by atoms with E-state index >= 15 is 0 Å². The maximum atomic E-state index is 12.3. The zero-order valence-corrected chi connectivity index (χ0v) is 13.8. The normalized spacial score (nSPS) is 15.2. The highest BCUT2D eigenvalue weighted by molar-refractivity contribution is 9.10. The minimum atomic E-state index is -0.235. The molecule has 2 amide bonds. The summed E-state index contributed by atoms with van der Waals surface area (Å²) in [7, 11) is 0. The highest BCUT2D eigenvalue weighted by Crippen LogP contribution is 2.15. The second-order valence-corrected chi connectivity index (χ2v) is 6.28. The molecule has 2 rings (SSSR count). The van der Waals surface area contributed by atoms with Crippen molar-refractivity contribution in [2.45, 2.75) is 31.7 Å². The van der Waals surface area contributed by atoms with Crippen molar-refractivity contribution in [3.8, 4) is 6.07 Å². The molecule has 0 bridgehead atoms. The van der Waals surface area contributed by atoms with Gasteiger partial charge in [-0.05, 0) is 30.5 Å². The monoisotopic (exact) mass is 363 g/mol. The Balaban J connectivity index is 1.80. The van der Waals surface area contributed by atoms with Crippen molar-refractivity contribution in [2.75, 3.05) is 13.1 Å². The second kappa shape index (κ2) is 7.95. The Morgan fingerprint density at radius 1 is 1.36 bits per heavy atom. The number of nitrogens with one attached hydrogen (secondary N) is 1. The number of nitrogens with zero attached hydrogens (tertiary/aromatic N) is 2. The van der Waals surface area contributed by atoms with Crippen molar-refractivity contribution in [3.63, 3.8) is 0 Å². The van der Waals surface area contributed by atoms with E-state index in [4.69, 9.17) is 5.26 Å². The summed E-state index contributed by atoms with van der Waals surface area (Å²) in [6.45, 7) is 1.29. The predicted molar refractivity (Wildman–Crippen MR) is 85.8 cm³/mol. The first-order valence-electron chi connectivity index (χ1n) is 7.27. The molecule has 5 nitrogen and oxygen atoms in total. The number of likely N-dealkylation sites (tertiary alicyclic amines) is 1. The van der Waals surface area contributed by atoms with Crippen molar-refractivity contribution in [3.05, 3.63) is 34.3 Å². The zero-order valence-electron chi connectivity index (χ0n) is 12.2. The van der Waals surface area contributed by atoms with Gasteiger partial charge in [0.05, 0.1) is 12.5 Å². The summed E-state index contributed by atoms with van der Waals surface area (Å²) in [5.74, 6) is -0.124. The topological polar surface area (TPSA) is 73.2 Å². The first-order chi connectivity index (χ1) is 10.6. The summed E-state index contributed by atoms with van der Waals surface area (Å²) < 4.78 is 0.969. The Kier molecular flexibility index (Phi) is 5.96.